The summed E-state index contributed by atoms with van der Waals surface area (Å²) in [6.45, 7) is 22.3. The van der Waals surface area contributed by atoms with Gasteiger partial charge in [-0.15, -0.1) is 0 Å². The van der Waals surface area contributed by atoms with Crippen molar-refractivity contribution in [3.05, 3.63) is 48.5 Å². The van der Waals surface area contributed by atoms with Gasteiger partial charge in [0.1, 0.15) is 23.0 Å². The Hall–Kier alpha value is -1.86. The lowest BCUT2D eigenvalue weighted by Crippen LogP contribution is -2.43. The number of hydrogen-bond donors (Lipinski definition) is 0. The molecule has 0 unspecified atom stereocenters. The molecule has 0 saturated carbocycles. The lowest BCUT2D eigenvalue weighted by molar-refractivity contribution is 0.455. The smallest absolute Gasteiger partial charge is 0.543 e. The molecule has 169 valence electrons. The lowest BCUT2D eigenvalue weighted by atomic mass is 10.2. The van der Waals surface area contributed by atoms with E-state index in [0.717, 1.165) is 11.5 Å². The highest BCUT2D eigenvalue weighted by atomic mass is 28.4. The summed E-state index contributed by atoms with van der Waals surface area (Å²) in [4.78, 5) is 0. The molecular formula is C24H38BO4Si2. The molecule has 0 bridgehead atoms. The maximum absolute atomic E-state index is 6.29. The van der Waals surface area contributed by atoms with E-state index in [1.807, 2.05) is 48.5 Å². The van der Waals surface area contributed by atoms with Gasteiger partial charge in [-0.25, -0.2) is 0 Å². The molecular weight excluding hydrogens is 419 g/mol. The summed E-state index contributed by atoms with van der Waals surface area (Å²) >= 11 is 0. The van der Waals surface area contributed by atoms with Gasteiger partial charge in [0.15, 0.2) is 0 Å². The number of rotatable bonds is 8. The third-order valence-electron chi connectivity index (χ3n) is 6.37. The molecule has 0 fully saturated rings. The van der Waals surface area contributed by atoms with Crippen molar-refractivity contribution in [1.29, 1.82) is 0 Å². The summed E-state index contributed by atoms with van der Waals surface area (Å²) in [6.07, 6.45) is 0. The van der Waals surface area contributed by atoms with E-state index < -0.39 is 16.6 Å². The highest BCUT2D eigenvalue weighted by Crippen LogP contribution is 2.38. The fraction of sp³-hybridized carbons (Fsp3) is 0.500. The van der Waals surface area contributed by atoms with Crippen molar-refractivity contribution >= 4 is 24.3 Å². The molecule has 0 aliphatic carbocycles. The molecule has 7 heteroatoms. The molecule has 2 aromatic rings. The minimum atomic E-state index is -1.84. The average Bonchev–Trinajstić information content (AvgIpc) is 2.62. The van der Waals surface area contributed by atoms with Crippen LogP contribution in [0.1, 0.15) is 41.5 Å². The van der Waals surface area contributed by atoms with E-state index in [1.54, 1.807) is 0 Å². The van der Waals surface area contributed by atoms with Gasteiger partial charge >= 0.3 is 7.69 Å². The van der Waals surface area contributed by atoms with Crippen LogP contribution in [0.4, 0.5) is 0 Å². The molecule has 0 aliphatic heterocycles. The summed E-state index contributed by atoms with van der Waals surface area (Å²) in [7, 11) is -2.35. The van der Waals surface area contributed by atoms with Gasteiger partial charge in [0.05, 0.1) is 0 Å². The molecule has 0 aromatic heterocycles. The van der Waals surface area contributed by atoms with Crippen molar-refractivity contribution < 1.29 is 18.2 Å². The van der Waals surface area contributed by atoms with E-state index in [-0.39, 0.29) is 10.1 Å². The normalized spacial score (nSPS) is 12.8. The maximum atomic E-state index is 6.29. The van der Waals surface area contributed by atoms with Gasteiger partial charge in [-0.3, -0.25) is 0 Å². The monoisotopic (exact) mass is 457 g/mol. The van der Waals surface area contributed by atoms with Crippen LogP contribution in [0.25, 0.3) is 0 Å². The third kappa shape index (κ3) is 7.07. The molecule has 0 atom stereocenters. The Labute approximate surface area is 191 Å². The Morgan fingerprint density at radius 3 is 1.03 bits per heavy atom. The zero-order valence-electron chi connectivity index (χ0n) is 20.8. The molecule has 2 aromatic carbocycles. The first kappa shape index (κ1) is 25.4. The topological polar surface area (TPSA) is 36.9 Å². The molecule has 0 spiro atoms. The van der Waals surface area contributed by atoms with Crippen molar-refractivity contribution in [2.45, 2.75) is 77.8 Å². The first-order valence-electron chi connectivity index (χ1n) is 10.8. The summed E-state index contributed by atoms with van der Waals surface area (Å²) in [5.41, 5.74) is 0. The summed E-state index contributed by atoms with van der Waals surface area (Å²) in [5.74, 6) is 3.13. The maximum Gasteiger partial charge on any atom is 0.658 e. The first-order valence-corrected chi connectivity index (χ1v) is 16.7. The second-order valence-corrected chi connectivity index (χ2v) is 20.4. The van der Waals surface area contributed by atoms with Crippen LogP contribution in [0.2, 0.25) is 36.3 Å². The van der Waals surface area contributed by atoms with Crippen LogP contribution >= 0.6 is 0 Å². The van der Waals surface area contributed by atoms with E-state index >= 15 is 0 Å². The van der Waals surface area contributed by atoms with Crippen LogP contribution in [-0.4, -0.2) is 24.3 Å². The minimum Gasteiger partial charge on any atom is -0.543 e. The Morgan fingerprint density at radius 2 is 0.774 bits per heavy atom. The molecule has 0 aliphatic rings. The zero-order valence-corrected chi connectivity index (χ0v) is 22.8. The third-order valence-corrected chi connectivity index (χ3v) is 15.1. The Morgan fingerprint density at radius 1 is 0.516 bits per heavy atom. The van der Waals surface area contributed by atoms with Crippen LogP contribution in [0.5, 0.6) is 23.0 Å². The van der Waals surface area contributed by atoms with Crippen LogP contribution in [0, 0.1) is 0 Å². The molecule has 0 amide bonds. The van der Waals surface area contributed by atoms with Crippen molar-refractivity contribution in [2.75, 3.05) is 0 Å². The molecule has 0 heterocycles. The van der Waals surface area contributed by atoms with Crippen LogP contribution < -0.4 is 18.2 Å². The van der Waals surface area contributed by atoms with Gasteiger partial charge in [-0.2, -0.15) is 0 Å². The highest BCUT2D eigenvalue weighted by Gasteiger charge is 2.39. The lowest BCUT2D eigenvalue weighted by Gasteiger charge is -2.36. The second-order valence-electron chi connectivity index (χ2n) is 11.0. The minimum absolute atomic E-state index is 0.162. The van der Waals surface area contributed by atoms with E-state index in [0.29, 0.717) is 11.5 Å². The second kappa shape index (κ2) is 9.33. The molecule has 2 rings (SSSR count). The van der Waals surface area contributed by atoms with Crippen molar-refractivity contribution in [3.8, 4) is 23.0 Å². The first-order chi connectivity index (χ1) is 14.1. The molecule has 1 radical (unpaired) electrons. The average molecular weight is 458 g/mol. The molecule has 0 saturated heterocycles. The standard InChI is InChI=1S/C24H38BO4Si2/c1-23(2,3)30(7,8)28-21-15-11-19(12-16-21)26-25-27-20-13-17-22(18-14-20)29-31(9,10)24(4,5)6/h11-18H,1-10H3. The predicted molar refractivity (Wildman–Crippen MR) is 136 cm³/mol. The van der Waals surface area contributed by atoms with Gasteiger partial charge in [-0.05, 0) is 84.8 Å². The van der Waals surface area contributed by atoms with Gasteiger partial charge < -0.3 is 18.2 Å². The zero-order chi connectivity index (χ0) is 23.5. The number of benzene rings is 2. The van der Waals surface area contributed by atoms with E-state index in [4.69, 9.17) is 18.2 Å². The fourth-order valence-corrected chi connectivity index (χ4v) is 4.27. The largest absolute Gasteiger partial charge is 0.658 e. The summed E-state index contributed by atoms with van der Waals surface area (Å²) in [6, 6.07) is 15.3. The van der Waals surface area contributed by atoms with Crippen LogP contribution in [0.15, 0.2) is 48.5 Å². The van der Waals surface area contributed by atoms with Gasteiger partial charge in [0.2, 0.25) is 16.6 Å². The molecule has 4 nitrogen and oxygen atoms in total. The SMILES string of the molecule is CC(C)(C)[Si](C)(C)Oc1ccc(O[B]Oc2ccc(O[Si](C)(C)C(C)(C)C)cc2)cc1. The van der Waals surface area contributed by atoms with Crippen LogP contribution in [-0.2, 0) is 0 Å². The van der Waals surface area contributed by atoms with Crippen molar-refractivity contribution in [2.24, 2.45) is 0 Å². The van der Waals surface area contributed by atoms with Gasteiger partial charge in [-0.1, -0.05) is 41.5 Å². The van der Waals surface area contributed by atoms with Gasteiger partial charge in [0, 0.05) is 0 Å². The Kier molecular flexibility index (Phi) is 7.64. The van der Waals surface area contributed by atoms with Crippen molar-refractivity contribution in [3.63, 3.8) is 0 Å². The summed E-state index contributed by atoms with van der Waals surface area (Å²) in [5, 5.41) is 0.324. The Balaban J connectivity index is 1.86. The Bertz CT molecular complexity index is 764. The fourth-order valence-electron chi connectivity index (χ4n) is 2.20. The summed E-state index contributed by atoms with van der Waals surface area (Å²) < 4.78 is 23.8. The van der Waals surface area contributed by atoms with Crippen LogP contribution in [0.3, 0.4) is 0 Å². The van der Waals surface area contributed by atoms with Crippen molar-refractivity contribution in [1.82, 2.24) is 0 Å². The highest BCUT2D eigenvalue weighted by molar-refractivity contribution is 6.75. The van der Waals surface area contributed by atoms with Gasteiger partial charge in [0.25, 0.3) is 0 Å². The van der Waals surface area contributed by atoms with E-state index in [1.165, 1.54) is 7.69 Å². The molecule has 31 heavy (non-hydrogen) atoms. The van der Waals surface area contributed by atoms with E-state index in [2.05, 4.69) is 67.7 Å². The van der Waals surface area contributed by atoms with E-state index in [9.17, 15) is 0 Å². The number of hydrogen-bond acceptors (Lipinski definition) is 4. The quantitative estimate of drug-likeness (QED) is 0.386. The molecule has 0 N–H and O–H groups in total. The predicted octanol–water partition coefficient (Wildman–Crippen LogP) is 7.45.